The first-order chi connectivity index (χ1) is 18.3. The maximum absolute atomic E-state index is 13.7. The van der Waals surface area contributed by atoms with Gasteiger partial charge in [-0.2, -0.15) is 4.31 Å². The lowest BCUT2D eigenvalue weighted by Gasteiger charge is -2.36. The van der Waals surface area contributed by atoms with Crippen LogP contribution in [-0.2, 0) is 21.4 Å². The Balaban J connectivity index is 1.36. The van der Waals surface area contributed by atoms with Crippen molar-refractivity contribution in [3.63, 3.8) is 0 Å². The number of rotatable bonds is 6. The Hall–Kier alpha value is -3.37. The van der Waals surface area contributed by atoms with Gasteiger partial charge < -0.3 is 19.1 Å². The number of nitrogens with zero attached hydrogens (tertiary/aromatic N) is 4. The molecule has 9 nitrogen and oxygen atoms in total. The quantitative estimate of drug-likeness (QED) is 0.479. The van der Waals surface area contributed by atoms with Gasteiger partial charge in [-0.3, -0.25) is 9.59 Å². The number of hydrogen-bond donors (Lipinski definition) is 0. The minimum absolute atomic E-state index is 0.0828. The van der Waals surface area contributed by atoms with Gasteiger partial charge in [0.2, 0.25) is 15.9 Å². The van der Waals surface area contributed by atoms with Gasteiger partial charge in [-0.25, -0.2) is 8.42 Å². The molecule has 202 valence electrons. The van der Waals surface area contributed by atoms with Gasteiger partial charge in [-0.05, 0) is 49.1 Å². The van der Waals surface area contributed by atoms with E-state index in [1.807, 2.05) is 24.3 Å². The fourth-order valence-electron chi connectivity index (χ4n) is 5.25. The number of ether oxygens (including phenoxy) is 1. The Morgan fingerprint density at radius 2 is 1.55 bits per heavy atom. The molecule has 3 heterocycles. The number of benzene rings is 2. The van der Waals surface area contributed by atoms with Crippen molar-refractivity contribution in [3.8, 4) is 5.75 Å². The summed E-state index contributed by atoms with van der Waals surface area (Å²) in [6.07, 6.45) is 2.97. The average Bonchev–Trinajstić information content (AvgIpc) is 2.95. The van der Waals surface area contributed by atoms with Crippen molar-refractivity contribution in [2.45, 2.75) is 31.2 Å². The summed E-state index contributed by atoms with van der Waals surface area (Å²) in [5.41, 5.74) is 0.697. The van der Waals surface area contributed by atoms with Gasteiger partial charge in [-0.1, -0.05) is 25.1 Å². The van der Waals surface area contributed by atoms with E-state index >= 15 is 0 Å². The highest BCUT2D eigenvalue weighted by atomic mass is 32.2. The maximum atomic E-state index is 13.7. The summed E-state index contributed by atoms with van der Waals surface area (Å²) < 4.78 is 35.3. The molecule has 38 heavy (non-hydrogen) atoms. The molecule has 0 N–H and O–H groups in total. The van der Waals surface area contributed by atoms with E-state index in [0.717, 1.165) is 24.3 Å². The highest BCUT2D eigenvalue weighted by Crippen LogP contribution is 2.28. The Morgan fingerprint density at radius 1 is 0.921 bits per heavy atom. The molecule has 2 saturated heterocycles. The van der Waals surface area contributed by atoms with Crippen LogP contribution in [0.15, 0.2) is 64.4 Å². The molecule has 0 radical (unpaired) electrons. The normalized spacial score (nSPS) is 17.6. The molecule has 0 spiro atoms. The van der Waals surface area contributed by atoms with E-state index in [1.165, 1.54) is 15.1 Å². The van der Waals surface area contributed by atoms with Crippen molar-refractivity contribution in [1.82, 2.24) is 13.8 Å². The molecule has 2 aromatic carbocycles. The number of carbonyl (C=O) groups excluding carboxylic acids is 1. The maximum Gasteiger partial charge on any atom is 0.258 e. The smallest absolute Gasteiger partial charge is 0.258 e. The molecule has 0 unspecified atom stereocenters. The third kappa shape index (κ3) is 5.15. The summed E-state index contributed by atoms with van der Waals surface area (Å²) >= 11 is 0. The predicted molar refractivity (Wildman–Crippen MR) is 147 cm³/mol. The van der Waals surface area contributed by atoms with Crippen LogP contribution in [0.5, 0.6) is 5.75 Å². The average molecular weight is 539 g/mol. The Labute approximate surface area is 223 Å². The van der Waals surface area contributed by atoms with Crippen LogP contribution in [0.2, 0.25) is 0 Å². The first-order valence-electron chi connectivity index (χ1n) is 13.1. The molecule has 0 bridgehead atoms. The van der Waals surface area contributed by atoms with E-state index in [9.17, 15) is 18.0 Å². The lowest BCUT2D eigenvalue weighted by atomic mass is 10.0. The summed E-state index contributed by atoms with van der Waals surface area (Å²) in [4.78, 5) is 30.6. The topological polar surface area (TPSA) is 92.2 Å². The minimum atomic E-state index is -3.82. The van der Waals surface area contributed by atoms with Gasteiger partial charge in [0.15, 0.2) is 0 Å². The fraction of sp³-hybridized carbons (Fsp3) is 0.429. The van der Waals surface area contributed by atoms with Gasteiger partial charge >= 0.3 is 0 Å². The predicted octanol–water partition coefficient (Wildman–Crippen LogP) is 2.78. The first-order valence-corrected chi connectivity index (χ1v) is 14.5. The third-order valence-electron chi connectivity index (χ3n) is 7.69. The lowest BCUT2D eigenvalue weighted by Crippen LogP contribution is -2.50. The van der Waals surface area contributed by atoms with Gasteiger partial charge in [0.25, 0.3) is 5.56 Å². The highest BCUT2D eigenvalue weighted by molar-refractivity contribution is 7.89. The number of amides is 1. The molecule has 0 atom stereocenters. The summed E-state index contributed by atoms with van der Waals surface area (Å²) in [7, 11) is -2.19. The zero-order chi connectivity index (χ0) is 26.9. The number of hydrogen-bond acceptors (Lipinski definition) is 6. The molecule has 1 aromatic heterocycles. The van der Waals surface area contributed by atoms with Crippen molar-refractivity contribution in [3.05, 3.63) is 65.1 Å². The minimum Gasteiger partial charge on any atom is -0.497 e. The molecule has 0 saturated carbocycles. The molecule has 5 rings (SSSR count). The Bertz CT molecular complexity index is 1470. The monoisotopic (exact) mass is 538 g/mol. The fourth-order valence-corrected chi connectivity index (χ4v) is 6.94. The number of piperidine rings is 1. The molecular weight excluding hydrogens is 504 g/mol. The largest absolute Gasteiger partial charge is 0.497 e. The second kappa shape index (κ2) is 10.8. The highest BCUT2D eigenvalue weighted by Gasteiger charge is 2.31. The number of fused-ring (bicyclic) bond motifs is 1. The van der Waals surface area contributed by atoms with Crippen LogP contribution < -0.4 is 15.2 Å². The standard InChI is InChI=1S/C28H34N4O5S/c1-21-11-13-32(14-12-21)38(35,36)26-19-31(28(34)25-6-4-3-5-24(25)26)20-27(33)30-17-15-29(16-18-30)22-7-9-23(37-2)10-8-22/h3-10,19,21H,11-18,20H2,1-2H3. The second-order valence-electron chi connectivity index (χ2n) is 10.1. The third-order valence-corrected chi connectivity index (χ3v) is 9.62. The number of anilines is 1. The van der Waals surface area contributed by atoms with Crippen molar-refractivity contribution in [2.24, 2.45) is 5.92 Å². The number of methoxy groups -OCH3 is 1. The molecule has 2 aliphatic heterocycles. The molecular formula is C28H34N4O5S. The van der Waals surface area contributed by atoms with Crippen LogP contribution >= 0.6 is 0 Å². The van der Waals surface area contributed by atoms with Crippen molar-refractivity contribution in [1.29, 1.82) is 0 Å². The zero-order valence-electron chi connectivity index (χ0n) is 21.9. The zero-order valence-corrected chi connectivity index (χ0v) is 22.7. The van der Waals surface area contributed by atoms with E-state index < -0.39 is 10.0 Å². The van der Waals surface area contributed by atoms with Crippen molar-refractivity contribution >= 4 is 32.4 Å². The Kier molecular flexibility index (Phi) is 7.45. The van der Waals surface area contributed by atoms with Crippen LogP contribution in [0.4, 0.5) is 5.69 Å². The second-order valence-corrected chi connectivity index (χ2v) is 12.0. The van der Waals surface area contributed by atoms with Crippen LogP contribution in [0.1, 0.15) is 19.8 Å². The lowest BCUT2D eigenvalue weighted by molar-refractivity contribution is -0.132. The van der Waals surface area contributed by atoms with Gasteiger partial charge in [-0.15, -0.1) is 0 Å². The summed E-state index contributed by atoms with van der Waals surface area (Å²) in [6, 6.07) is 14.6. The van der Waals surface area contributed by atoms with Gasteiger partial charge in [0.05, 0.1) is 7.11 Å². The summed E-state index contributed by atoms with van der Waals surface area (Å²) in [6.45, 7) is 5.19. The number of piperazine rings is 1. The van der Waals surface area contributed by atoms with Gasteiger partial charge in [0, 0.05) is 61.9 Å². The number of sulfonamides is 1. The number of pyridine rings is 1. The van der Waals surface area contributed by atoms with E-state index in [4.69, 9.17) is 4.74 Å². The Morgan fingerprint density at radius 3 is 2.18 bits per heavy atom. The van der Waals surface area contributed by atoms with E-state index in [-0.39, 0.29) is 22.9 Å². The van der Waals surface area contributed by atoms with Crippen molar-refractivity contribution < 1.29 is 17.9 Å². The molecule has 2 aliphatic rings. The number of carbonyl (C=O) groups is 1. The van der Waals surface area contributed by atoms with E-state index in [2.05, 4.69) is 11.8 Å². The van der Waals surface area contributed by atoms with E-state index in [0.29, 0.717) is 56.0 Å². The molecule has 3 aromatic rings. The summed E-state index contributed by atoms with van der Waals surface area (Å²) in [5.74, 6) is 1.07. The van der Waals surface area contributed by atoms with Crippen LogP contribution in [0.3, 0.4) is 0 Å². The molecule has 2 fully saturated rings. The molecule has 10 heteroatoms. The van der Waals surface area contributed by atoms with Crippen LogP contribution in [0.25, 0.3) is 10.8 Å². The molecule has 1 amide bonds. The SMILES string of the molecule is COc1ccc(N2CCN(C(=O)Cn3cc(S(=O)(=O)N4CCC(C)CC4)c4ccccc4c3=O)CC2)cc1. The number of aromatic nitrogens is 1. The summed E-state index contributed by atoms with van der Waals surface area (Å²) in [5, 5.41) is 0.698. The van der Waals surface area contributed by atoms with Gasteiger partial charge in [0.1, 0.15) is 17.2 Å². The van der Waals surface area contributed by atoms with Crippen LogP contribution in [-0.4, -0.2) is 74.5 Å². The van der Waals surface area contributed by atoms with Crippen molar-refractivity contribution in [2.75, 3.05) is 51.3 Å². The van der Waals surface area contributed by atoms with Crippen LogP contribution in [0, 0.1) is 5.92 Å². The first kappa shape index (κ1) is 26.2. The molecule has 0 aliphatic carbocycles. The van der Waals surface area contributed by atoms with E-state index in [1.54, 1.807) is 36.3 Å².